The Labute approximate surface area is 146 Å². The van der Waals surface area contributed by atoms with E-state index in [0.29, 0.717) is 18.5 Å². The molecule has 0 atom stereocenters. The molecule has 0 aliphatic heterocycles. The van der Waals surface area contributed by atoms with Gasteiger partial charge in [0.1, 0.15) is 0 Å². The quantitative estimate of drug-likeness (QED) is 0.659. The number of allylic oxidation sites excluding steroid dienone is 1. The molecular weight excluding hydrogens is 358 g/mol. The van der Waals surface area contributed by atoms with E-state index < -0.39 is 5.97 Å². The fraction of sp³-hybridized carbons (Fsp3) is 0.444. The predicted octanol–water partition coefficient (Wildman–Crippen LogP) is 4.29. The van der Waals surface area contributed by atoms with Gasteiger partial charge in [0, 0.05) is 22.5 Å². The summed E-state index contributed by atoms with van der Waals surface area (Å²) in [4.78, 5) is 23.7. The van der Waals surface area contributed by atoms with E-state index in [1.165, 1.54) is 0 Å². The lowest BCUT2D eigenvalue weighted by Crippen LogP contribution is -2.29. The number of aliphatic carboxylic acids is 1. The number of hydrogen-bond donors (Lipinski definition) is 2. The van der Waals surface area contributed by atoms with E-state index in [9.17, 15) is 14.7 Å². The number of carboxylic acid groups (broad SMARTS) is 1. The summed E-state index contributed by atoms with van der Waals surface area (Å²) in [7, 11) is 0. The lowest BCUT2D eigenvalue weighted by atomic mass is 10.00. The van der Waals surface area contributed by atoms with Gasteiger partial charge in [0.25, 0.3) is 0 Å². The zero-order valence-electron chi connectivity index (χ0n) is 13.9. The summed E-state index contributed by atoms with van der Waals surface area (Å²) >= 11 is 3.37. The molecule has 2 N–H and O–H groups in total. The molecule has 5 heteroatoms. The van der Waals surface area contributed by atoms with Gasteiger partial charge in [-0.2, -0.15) is 0 Å². The van der Waals surface area contributed by atoms with Gasteiger partial charge in [0.05, 0.1) is 5.57 Å². The average molecular weight is 382 g/mol. The molecule has 0 fully saturated rings. The molecule has 0 spiro atoms. The number of amides is 1. The van der Waals surface area contributed by atoms with Gasteiger partial charge < -0.3 is 10.4 Å². The van der Waals surface area contributed by atoms with Crippen LogP contribution in [0.25, 0.3) is 0 Å². The molecule has 1 rings (SSSR count). The maximum absolute atomic E-state index is 12.0. The van der Waals surface area contributed by atoms with E-state index in [0.717, 1.165) is 22.9 Å². The lowest BCUT2D eigenvalue weighted by Gasteiger charge is -2.16. The first kappa shape index (κ1) is 19.4. The molecule has 0 unspecified atom stereocenters. The summed E-state index contributed by atoms with van der Waals surface area (Å²) in [6.07, 6.45) is 2.63. The third-order valence-corrected chi connectivity index (χ3v) is 4.02. The van der Waals surface area contributed by atoms with E-state index >= 15 is 0 Å². The lowest BCUT2D eigenvalue weighted by molar-refractivity contribution is -0.132. The number of nitrogens with one attached hydrogen (secondary N) is 1. The van der Waals surface area contributed by atoms with Gasteiger partial charge in [0.2, 0.25) is 5.91 Å². The van der Waals surface area contributed by atoms with E-state index in [1.807, 2.05) is 31.2 Å². The van der Waals surface area contributed by atoms with Crippen LogP contribution in [0.2, 0.25) is 0 Å². The molecule has 23 heavy (non-hydrogen) atoms. The predicted molar refractivity (Wildman–Crippen MR) is 95.0 cm³/mol. The Morgan fingerprint density at radius 1 is 1.22 bits per heavy atom. The van der Waals surface area contributed by atoms with Crippen molar-refractivity contribution in [2.24, 2.45) is 5.92 Å². The van der Waals surface area contributed by atoms with Crippen LogP contribution in [-0.2, 0) is 16.0 Å². The van der Waals surface area contributed by atoms with Gasteiger partial charge in [-0.25, -0.2) is 4.79 Å². The van der Waals surface area contributed by atoms with E-state index in [1.54, 1.807) is 13.8 Å². The minimum atomic E-state index is -0.983. The molecule has 0 aliphatic rings. The fourth-order valence-electron chi connectivity index (χ4n) is 2.05. The molecule has 0 aromatic heterocycles. The number of carbonyl (C=O) groups is 2. The van der Waals surface area contributed by atoms with E-state index in [2.05, 4.69) is 21.2 Å². The molecule has 1 aromatic carbocycles. The molecule has 0 aliphatic carbocycles. The maximum atomic E-state index is 12.0. The molecule has 0 bridgehead atoms. The first-order valence-electron chi connectivity index (χ1n) is 7.85. The number of benzene rings is 1. The van der Waals surface area contributed by atoms with Crippen LogP contribution >= 0.6 is 15.9 Å². The molecule has 4 nitrogen and oxygen atoms in total. The third-order valence-electron chi connectivity index (χ3n) is 3.50. The zero-order valence-corrected chi connectivity index (χ0v) is 15.4. The van der Waals surface area contributed by atoms with Crippen molar-refractivity contribution >= 4 is 27.8 Å². The van der Waals surface area contributed by atoms with Gasteiger partial charge in [-0.3, -0.25) is 4.79 Å². The number of carbonyl (C=O) groups excluding carboxylic acids is 1. The summed E-state index contributed by atoms with van der Waals surface area (Å²) in [6.45, 7) is 5.63. The summed E-state index contributed by atoms with van der Waals surface area (Å²) < 4.78 is 0.946. The smallest absolute Gasteiger partial charge is 0.333 e. The molecule has 1 amide bonds. The zero-order chi connectivity index (χ0) is 17.4. The Morgan fingerprint density at radius 3 is 2.30 bits per heavy atom. The highest BCUT2D eigenvalue weighted by Gasteiger charge is 2.18. The summed E-state index contributed by atoms with van der Waals surface area (Å²) in [5.41, 5.74) is 1.69. The standard InChI is InChI=1S/C18H24BrNO3/c1-4-5-6-16(20-17(21)12(2)3)15(18(22)23)11-13-7-9-14(19)10-8-13/h7-10,12H,4-6,11H2,1-3H3,(H,20,21)(H,22,23)/b16-15+. The minimum Gasteiger partial charge on any atom is -0.478 e. The highest BCUT2D eigenvalue weighted by molar-refractivity contribution is 9.10. The van der Waals surface area contributed by atoms with E-state index in [4.69, 9.17) is 0 Å². The Morgan fingerprint density at radius 2 is 1.83 bits per heavy atom. The average Bonchev–Trinajstić information content (AvgIpc) is 2.50. The largest absolute Gasteiger partial charge is 0.478 e. The van der Waals surface area contributed by atoms with Crippen molar-refractivity contribution in [2.45, 2.75) is 46.5 Å². The van der Waals surface area contributed by atoms with Crippen molar-refractivity contribution in [3.8, 4) is 0 Å². The normalized spacial score (nSPS) is 12.0. The third kappa shape index (κ3) is 6.57. The topological polar surface area (TPSA) is 66.4 Å². The van der Waals surface area contributed by atoms with Crippen molar-refractivity contribution in [3.05, 3.63) is 45.6 Å². The molecular formula is C18H24BrNO3. The molecule has 1 aromatic rings. The number of halogens is 1. The number of carboxylic acids is 1. The number of rotatable bonds is 8. The van der Waals surface area contributed by atoms with Crippen LogP contribution in [0.4, 0.5) is 0 Å². The second-order valence-electron chi connectivity index (χ2n) is 5.81. The van der Waals surface area contributed by atoms with Gasteiger partial charge >= 0.3 is 5.97 Å². The van der Waals surface area contributed by atoms with Crippen molar-refractivity contribution in [1.82, 2.24) is 5.32 Å². The molecule has 0 saturated heterocycles. The van der Waals surface area contributed by atoms with Gasteiger partial charge in [-0.15, -0.1) is 0 Å². The van der Waals surface area contributed by atoms with E-state index in [-0.39, 0.29) is 17.4 Å². The fourth-order valence-corrected chi connectivity index (χ4v) is 2.32. The van der Waals surface area contributed by atoms with Crippen LogP contribution < -0.4 is 5.32 Å². The molecule has 0 heterocycles. The van der Waals surface area contributed by atoms with Crippen LogP contribution in [0, 0.1) is 5.92 Å². The van der Waals surface area contributed by atoms with Crippen LogP contribution in [-0.4, -0.2) is 17.0 Å². The van der Waals surface area contributed by atoms with Crippen molar-refractivity contribution in [2.75, 3.05) is 0 Å². The number of hydrogen-bond acceptors (Lipinski definition) is 2. The van der Waals surface area contributed by atoms with Crippen LogP contribution in [0.5, 0.6) is 0 Å². The van der Waals surface area contributed by atoms with Crippen LogP contribution in [0.3, 0.4) is 0 Å². The van der Waals surface area contributed by atoms with Crippen molar-refractivity contribution < 1.29 is 14.7 Å². The first-order chi connectivity index (χ1) is 10.8. The summed E-state index contributed by atoms with van der Waals surface area (Å²) in [5.74, 6) is -1.32. The summed E-state index contributed by atoms with van der Waals surface area (Å²) in [5, 5.41) is 12.4. The van der Waals surface area contributed by atoms with Gasteiger partial charge in [0.15, 0.2) is 0 Å². The highest BCUT2D eigenvalue weighted by atomic mass is 79.9. The summed E-state index contributed by atoms with van der Waals surface area (Å²) in [6, 6.07) is 7.53. The molecule has 0 saturated carbocycles. The second kappa shape index (κ2) is 9.50. The van der Waals surface area contributed by atoms with Crippen LogP contribution in [0.1, 0.15) is 45.6 Å². The SMILES string of the molecule is CCCC/C(NC(=O)C(C)C)=C(/Cc1ccc(Br)cc1)C(=O)O. The Hall–Kier alpha value is -1.62. The Bertz CT molecular complexity index is 576. The first-order valence-corrected chi connectivity index (χ1v) is 8.65. The monoisotopic (exact) mass is 381 g/mol. The Kier molecular flexibility index (Phi) is 8.03. The van der Waals surface area contributed by atoms with Crippen LogP contribution in [0.15, 0.2) is 40.0 Å². The van der Waals surface area contributed by atoms with Crippen molar-refractivity contribution in [3.63, 3.8) is 0 Å². The maximum Gasteiger partial charge on any atom is 0.333 e. The molecule has 126 valence electrons. The minimum absolute atomic E-state index is 0.148. The Balaban J connectivity index is 3.12. The highest BCUT2D eigenvalue weighted by Crippen LogP contribution is 2.18. The van der Waals surface area contributed by atoms with Gasteiger partial charge in [-0.05, 0) is 30.5 Å². The van der Waals surface area contributed by atoms with Gasteiger partial charge in [-0.1, -0.05) is 55.3 Å². The van der Waals surface area contributed by atoms with Crippen molar-refractivity contribution in [1.29, 1.82) is 0 Å². The number of unbranched alkanes of at least 4 members (excludes halogenated alkanes) is 1. The second-order valence-corrected chi connectivity index (χ2v) is 6.73. The molecule has 0 radical (unpaired) electrons.